The molecule has 0 saturated carbocycles. The van der Waals surface area contributed by atoms with E-state index in [0.29, 0.717) is 6.54 Å². The largest absolute Gasteiger partial charge is 0.325 e. The molecule has 2 aliphatic rings. The van der Waals surface area contributed by atoms with Gasteiger partial charge in [-0.1, -0.05) is 0 Å². The Kier molecular flexibility index (Phi) is 5.57. The lowest BCUT2D eigenvalue weighted by Crippen LogP contribution is -2.53. The van der Waals surface area contributed by atoms with Gasteiger partial charge in [-0.3, -0.25) is 19.6 Å². The number of likely N-dealkylation sites (tertiary alicyclic amines) is 1. The number of piperidine rings is 1. The highest BCUT2D eigenvalue weighted by atomic mass is 32.1. The molecule has 2 fully saturated rings. The Bertz CT molecular complexity index is 1090. The van der Waals surface area contributed by atoms with E-state index in [9.17, 15) is 9.59 Å². The van der Waals surface area contributed by atoms with E-state index in [4.69, 9.17) is 0 Å². The topological polar surface area (TPSA) is 70.5 Å². The van der Waals surface area contributed by atoms with Crippen molar-refractivity contribution in [3.05, 3.63) is 70.9 Å². The number of thiophene rings is 1. The standard InChI is InChI=1S/C24H27N5O2S/c1-24(22(30)29(23(31)26-24)15-18-8-13-32-17-18)19-6-11-27(12-7-19)16-21-5-3-10-28(21)20-4-2-9-25-14-20/h2-5,8-10,13-14,17,19H,6-7,11-12,15-16H2,1H3,(H,26,31). The molecule has 0 spiro atoms. The van der Waals surface area contributed by atoms with E-state index in [0.717, 1.165) is 43.7 Å². The molecule has 0 aliphatic carbocycles. The van der Waals surface area contributed by atoms with Crippen molar-refractivity contribution < 1.29 is 9.59 Å². The predicted octanol–water partition coefficient (Wildman–Crippen LogP) is 3.66. The zero-order valence-electron chi connectivity index (χ0n) is 18.1. The highest BCUT2D eigenvalue weighted by Crippen LogP contribution is 2.34. The monoisotopic (exact) mass is 449 g/mol. The average molecular weight is 450 g/mol. The normalized spacial score (nSPS) is 22.5. The molecule has 0 radical (unpaired) electrons. The van der Waals surface area contributed by atoms with Crippen LogP contribution in [0, 0.1) is 5.92 Å². The summed E-state index contributed by atoms with van der Waals surface area (Å²) in [6.45, 7) is 4.87. The van der Waals surface area contributed by atoms with E-state index in [1.54, 1.807) is 17.5 Å². The molecule has 1 unspecified atom stereocenters. The first-order valence-corrected chi connectivity index (χ1v) is 11.9. The van der Waals surface area contributed by atoms with Gasteiger partial charge in [0.15, 0.2) is 0 Å². The Labute approximate surface area is 191 Å². The summed E-state index contributed by atoms with van der Waals surface area (Å²) >= 11 is 1.57. The van der Waals surface area contributed by atoms with Gasteiger partial charge in [-0.2, -0.15) is 11.3 Å². The van der Waals surface area contributed by atoms with Crippen LogP contribution in [0.1, 0.15) is 31.0 Å². The van der Waals surface area contributed by atoms with E-state index >= 15 is 0 Å². The Hall–Kier alpha value is -2.97. The molecule has 7 nitrogen and oxygen atoms in total. The first-order chi connectivity index (χ1) is 15.5. The summed E-state index contributed by atoms with van der Waals surface area (Å²) in [4.78, 5) is 33.8. The van der Waals surface area contributed by atoms with Crippen molar-refractivity contribution in [2.45, 2.75) is 38.4 Å². The van der Waals surface area contributed by atoms with Crippen LogP contribution < -0.4 is 5.32 Å². The van der Waals surface area contributed by atoms with E-state index in [2.05, 4.69) is 44.2 Å². The molecule has 0 bridgehead atoms. The summed E-state index contributed by atoms with van der Waals surface area (Å²) in [5.41, 5.74) is 2.44. The number of pyridine rings is 1. The number of carbonyl (C=O) groups is 2. The number of hydrogen-bond donors (Lipinski definition) is 1. The van der Waals surface area contributed by atoms with Gasteiger partial charge >= 0.3 is 6.03 Å². The van der Waals surface area contributed by atoms with Crippen molar-refractivity contribution in [3.63, 3.8) is 0 Å². The van der Waals surface area contributed by atoms with E-state index in [1.807, 2.05) is 36.0 Å². The summed E-state index contributed by atoms with van der Waals surface area (Å²) in [7, 11) is 0. The fraction of sp³-hybridized carbons (Fsp3) is 0.375. The molecule has 8 heteroatoms. The maximum Gasteiger partial charge on any atom is 0.325 e. The van der Waals surface area contributed by atoms with Crippen molar-refractivity contribution in [1.29, 1.82) is 0 Å². The molecule has 3 amide bonds. The lowest BCUT2D eigenvalue weighted by Gasteiger charge is -2.39. The van der Waals surface area contributed by atoms with Crippen LogP contribution >= 0.6 is 11.3 Å². The summed E-state index contributed by atoms with van der Waals surface area (Å²) in [5, 5.41) is 6.96. The Morgan fingerprint density at radius 1 is 1.16 bits per heavy atom. The quantitative estimate of drug-likeness (QED) is 0.583. The van der Waals surface area contributed by atoms with Gasteiger partial charge in [0, 0.05) is 24.6 Å². The average Bonchev–Trinajstić information content (AvgIpc) is 3.54. The van der Waals surface area contributed by atoms with Gasteiger partial charge in [0.2, 0.25) is 0 Å². The zero-order valence-corrected chi connectivity index (χ0v) is 18.9. The number of hydrogen-bond acceptors (Lipinski definition) is 5. The van der Waals surface area contributed by atoms with Gasteiger partial charge < -0.3 is 9.88 Å². The summed E-state index contributed by atoms with van der Waals surface area (Å²) in [6, 6.07) is 9.88. The van der Waals surface area contributed by atoms with Gasteiger partial charge in [-0.15, -0.1) is 0 Å². The number of amides is 3. The first-order valence-electron chi connectivity index (χ1n) is 11.0. The zero-order chi connectivity index (χ0) is 22.1. The maximum absolute atomic E-state index is 13.2. The highest BCUT2D eigenvalue weighted by Gasteiger charge is 2.52. The summed E-state index contributed by atoms with van der Waals surface area (Å²) in [6.07, 6.45) is 7.47. The molecule has 1 N–H and O–H groups in total. The number of nitrogens with one attached hydrogen (secondary N) is 1. The molecule has 0 aromatic carbocycles. The Morgan fingerprint density at radius 2 is 2.00 bits per heavy atom. The molecule has 166 valence electrons. The molecule has 1 atom stereocenters. The van der Waals surface area contributed by atoms with Crippen LogP contribution in [0.2, 0.25) is 0 Å². The maximum atomic E-state index is 13.2. The van der Waals surface area contributed by atoms with Gasteiger partial charge in [0.05, 0.1) is 18.4 Å². The fourth-order valence-corrected chi connectivity index (χ4v) is 5.55. The number of urea groups is 1. The summed E-state index contributed by atoms with van der Waals surface area (Å²) < 4.78 is 2.17. The van der Waals surface area contributed by atoms with Crippen molar-refractivity contribution >= 4 is 23.3 Å². The van der Waals surface area contributed by atoms with Crippen LogP contribution in [0.4, 0.5) is 4.79 Å². The number of rotatable bonds is 6. The first kappa shape index (κ1) is 20.9. The fourth-order valence-electron chi connectivity index (χ4n) is 4.89. The minimum atomic E-state index is -0.824. The van der Waals surface area contributed by atoms with Gasteiger partial charge in [0.1, 0.15) is 5.54 Å². The van der Waals surface area contributed by atoms with Crippen LogP contribution in [0.25, 0.3) is 5.69 Å². The lowest BCUT2D eigenvalue weighted by molar-refractivity contribution is -0.133. The number of carbonyl (C=O) groups excluding carboxylic acids is 2. The summed E-state index contributed by atoms with van der Waals surface area (Å²) in [5.74, 6) is 0.0328. The van der Waals surface area contributed by atoms with Crippen LogP contribution in [-0.4, -0.2) is 49.9 Å². The van der Waals surface area contributed by atoms with Crippen molar-refractivity contribution in [3.8, 4) is 5.69 Å². The molecule has 3 aromatic heterocycles. The Balaban J connectivity index is 1.22. The lowest BCUT2D eigenvalue weighted by atomic mass is 9.79. The van der Waals surface area contributed by atoms with Crippen molar-refractivity contribution in [1.82, 2.24) is 24.7 Å². The van der Waals surface area contributed by atoms with Crippen LogP contribution in [0.3, 0.4) is 0 Å². The molecule has 2 saturated heterocycles. The number of nitrogens with zero attached hydrogens (tertiary/aromatic N) is 4. The molecule has 32 heavy (non-hydrogen) atoms. The third-order valence-corrected chi connectivity index (χ3v) is 7.50. The molecule has 5 heterocycles. The molecular formula is C24H27N5O2S. The van der Waals surface area contributed by atoms with Gasteiger partial charge in [-0.05, 0) is 85.4 Å². The number of aromatic nitrogens is 2. The number of imide groups is 1. The molecule has 5 rings (SSSR count). The molecular weight excluding hydrogens is 422 g/mol. The SMILES string of the molecule is CC1(C2CCN(Cc3cccn3-c3cccnc3)CC2)NC(=O)N(Cc2ccsc2)C1=O. The molecule has 3 aromatic rings. The highest BCUT2D eigenvalue weighted by molar-refractivity contribution is 7.07. The smallest absolute Gasteiger partial charge is 0.323 e. The van der Waals surface area contributed by atoms with Gasteiger partial charge in [0.25, 0.3) is 5.91 Å². The minimum Gasteiger partial charge on any atom is -0.323 e. The van der Waals surface area contributed by atoms with Crippen molar-refractivity contribution in [2.75, 3.05) is 13.1 Å². The second-order valence-electron chi connectivity index (χ2n) is 8.79. The van der Waals surface area contributed by atoms with E-state index < -0.39 is 5.54 Å². The second kappa shape index (κ2) is 8.52. The molecule has 2 aliphatic heterocycles. The van der Waals surface area contributed by atoms with Gasteiger partial charge in [-0.25, -0.2) is 4.79 Å². The Morgan fingerprint density at radius 3 is 2.72 bits per heavy atom. The van der Waals surface area contributed by atoms with Crippen molar-refractivity contribution in [2.24, 2.45) is 5.92 Å². The third kappa shape index (κ3) is 3.84. The van der Waals surface area contributed by atoms with Crippen LogP contribution in [0.5, 0.6) is 0 Å². The second-order valence-corrected chi connectivity index (χ2v) is 9.57. The van der Waals surface area contributed by atoms with Crippen LogP contribution in [-0.2, 0) is 17.9 Å². The third-order valence-electron chi connectivity index (χ3n) is 6.77. The van der Waals surface area contributed by atoms with Crippen LogP contribution in [0.15, 0.2) is 59.7 Å². The van der Waals surface area contributed by atoms with E-state index in [1.165, 1.54) is 10.6 Å². The predicted molar refractivity (Wildman–Crippen MR) is 123 cm³/mol. The van der Waals surface area contributed by atoms with E-state index in [-0.39, 0.29) is 17.9 Å². The minimum absolute atomic E-state index is 0.0994.